The van der Waals surface area contributed by atoms with Crippen LogP contribution in [-0.4, -0.2) is 5.11 Å². The van der Waals surface area contributed by atoms with Gasteiger partial charge in [0.25, 0.3) is 0 Å². The van der Waals surface area contributed by atoms with Gasteiger partial charge in [0.1, 0.15) is 0 Å². The zero-order valence-electron chi connectivity index (χ0n) is 13.2. The van der Waals surface area contributed by atoms with E-state index in [-0.39, 0.29) is 21.9 Å². The smallest absolute Gasteiger partial charge is 0.356 e. The molecule has 1 unspecified atom stereocenters. The van der Waals surface area contributed by atoms with Gasteiger partial charge in [0, 0.05) is 5.69 Å². The monoisotopic (exact) mass is 384 g/mol. The van der Waals surface area contributed by atoms with E-state index in [1.807, 2.05) is 12.1 Å². The number of halogens is 4. The highest BCUT2D eigenvalue weighted by Gasteiger charge is 2.33. The Morgan fingerprint density at radius 3 is 2.68 bits per heavy atom. The van der Waals surface area contributed by atoms with Crippen LogP contribution in [0.2, 0.25) is 5.02 Å². The van der Waals surface area contributed by atoms with Crippen molar-refractivity contribution in [2.45, 2.75) is 31.5 Å². The topological polar surface area (TPSA) is 24.1 Å². The third-order valence-electron chi connectivity index (χ3n) is 4.20. The average molecular weight is 385 g/mol. The van der Waals surface area contributed by atoms with Crippen LogP contribution in [0.15, 0.2) is 42.5 Å². The Morgan fingerprint density at radius 1 is 1.16 bits per heavy atom. The summed E-state index contributed by atoms with van der Waals surface area (Å²) < 4.78 is 38.8. The molecule has 2 aromatic rings. The van der Waals surface area contributed by atoms with Gasteiger partial charge < -0.3 is 10.6 Å². The SMILES string of the molecule is FC(F)(F)c1cc(NC(=S)NC2CCCc3ccccc32)ccc1Cl. The summed E-state index contributed by atoms with van der Waals surface area (Å²) in [4.78, 5) is 0. The third kappa shape index (κ3) is 4.25. The molecule has 0 aliphatic heterocycles. The molecule has 1 aliphatic rings. The molecule has 0 spiro atoms. The van der Waals surface area contributed by atoms with Crippen molar-refractivity contribution in [1.29, 1.82) is 0 Å². The van der Waals surface area contributed by atoms with Crippen molar-refractivity contribution in [3.63, 3.8) is 0 Å². The van der Waals surface area contributed by atoms with Crippen LogP contribution in [0.25, 0.3) is 0 Å². The number of fused-ring (bicyclic) bond motifs is 1. The number of hydrogen-bond acceptors (Lipinski definition) is 1. The quantitative estimate of drug-likeness (QED) is 0.647. The summed E-state index contributed by atoms with van der Waals surface area (Å²) in [6.07, 6.45) is -1.52. The van der Waals surface area contributed by atoms with Gasteiger partial charge in [0.15, 0.2) is 5.11 Å². The van der Waals surface area contributed by atoms with Gasteiger partial charge in [-0.05, 0) is 60.8 Å². The van der Waals surface area contributed by atoms with Crippen LogP contribution in [0.3, 0.4) is 0 Å². The van der Waals surface area contributed by atoms with E-state index in [0.717, 1.165) is 25.3 Å². The largest absolute Gasteiger partial charge is 0.417 e. The lowest BCUT2D eigenvalue weighted by atomic mass is 9.88. The van der Waals surface area contributed by atoms with Crippen LogP contribution in [0.1, 0.15) is 35.6 Å². The first-order chi connectivity index (χ1) is 11.8. The Kier molecular flexibility index (Phi) is 5.20. The summed E-state index contributed by atoms with van der Waals surface area (Å²) in [7, 11) is 0. The number of benzene rings is 2. The summed E-state index contributed by atoms with van der Waals surface area (Å²) in [6.45, 7) is 0. The first-order valence-corrected chi connectivity index (χ1v) is 8.65. The van der Waals surface area contributed by atoms with Gasteiger partial charge in [-0.25, -0.2) is 0 Å². The lowest BCUT2D eigenvalue weighted by Gasteiger charge is -2.27. The first kappa shape index (κ1) is 18.0. The van der Waals surface area contributed by atoms with Gasteiger partial charge in [-0.2, -0.15) is 13.2 Å². The predicted molar refractivity (Wildman–Crippen MR) is 97.9 cm³/mol. The van der Waals surface area contributed by atoms with Crippen LogP contribution < -0.4 is 10.6 Å². The predicted octanol–water partition coefficient (Wildman–Crippen LogP) is 5.72. The van der Waals surface area contributed by atoms with E-state index in [0.29, 0.717) is 0 Å². The molecule has 1 aliphatic carbocycles. The molecule has 0 saturated heterocycles. The standard InChI is InChI=1S/C18H16ClF3N2S/c19-15-9-8-12(10-14(15)18(20,21)22)23-17(25)24-16-7-3-5-11-4-1-2-6-13(11)16/h1-2,4,6,8-10,16H,3,5,7H2,(H2,23,24,25). The summed E-state index contributed by atoms with van der Waals surface area (Å²) >= 11 is 10.9. The highest BCUT2D eigenvalue weighted by molar-refractivity contribution is 7.80. The minimum Gasteiger partial charge on any atom is -0.356 e. The third-order valence-corrected chi connectivity index (χ3v) is 4.75. The molecule has 132 valence electrons. The Labute approximate surface area is 154 Å². The molecule has 25 heavy (non-hydrogen) atoms. The number of alkyl halides is 3. The van der Waals surface area contributed by atoms with E-state index in [9.17, 15) is 13.2 Å². The Morgan fingerprint density at radius 2 is 1.92 bits per heavy atom. The molecule has 0 aromatic heterocycles. The fraction of sp³-hybridized carbons (Fsp3) is 0.278. The summed E-state index contributed by atoms with van der Waals surface area (Å²) in [5, 5.41) is 5.98. The van der Waals surface area contributed by atoms with Crippen LogP contribution in [0, 0.1) is 0 Å². The van der Waals surface area contributed by atoms with Crippen molar-refractivity contribution in [3.05, 3.63) is 64.2 Å². The van der Waals surface area contributed by atoms with Gasteiger partial charge >= 0.3 is 6.18 Å². The second kappa shape index (κ2) is 7.22. The molecular formula is C18H16ClF3N2S. The second-order valence-electron chi connectivity index (χ2n) is 5.93. The molecule has 0 amide bonds. The van der Waals surface area contributed by atoms with Crippen molar-refractivity contribution >= 4 is 34.6 Å². The summed E-state index contributed by atoms with van der Waals surface area (Å²) in [5.74, 6) is 0. The maximum atomic E-state index is 12.9. The summed E-state index contributed by atoms with van der Waals surface area (Å²) in [5.41, 5.74) is 1.83. The lowest BCUT2D eigenvalue weighted by Crippen LogP contribution is -2.34. The van der Waals surface area contributed by atoms with Gasteiger partial charge in [-0.1, -0.05) is 35.9 Å². The number of hydrogen-bond donors (Lipinski definition) is 2. The Balaban J connectivity index is 1.72. The van der Waals surface area contributed by atoms with Gasteiger partial charge in [0.2, 0.25) is 0 Å². The van der Waals surface area contributed by atoms with E-state index in [1.54, 1.807) is 0 Å². The molecule has 2 N–H and O–H groups in total. The van der Waals surface area contributed by atoms with Gasteiger partial charge in [-0.3, -0.25) is 0 Å². The molecule has 2 aromatic carbocycles. The lowest BCUT2D eigenvalue weighted by molar-refractivity contribution is -0.137. The van der Waals surface area contributed by atoms with Crippen molar-refractivity contribution in [2.24, 2.45) is 0 Å². The molecule has 0 radical (unpaired) electrons. The number of anilines is 1. The number of nitrogens with one attached hydrogen (secondary N) is 2. The molecule has 1 atom stereocenters. The second-order valence-corrected chi connectivity index (χ2v) is 6.75. The minimum atomic E-state index is -4.51. The minimum absolute atomic E-state index is 0.0549. The highest BCUT2D eigenvalue weighted by atomic mass is 35.5. The van der Waals surface area contributed by atoms with Crippen LogP contribution in [-0.2, 0) is 12.6 Å². The number of thiocarbonyl (C=S) groups is 1. The molecule has 2 nitrogen and oxygen atoms in total. The summed E-state index contributed by atoms with van der Waals surface area (Å²) in [6, 6.07) is 11.8. The van der Waals surface area contributed by atoms with E-state index in [4.69, 9.17) is 23.8 Å². The zero-order valence-corrected chi connectivity index (χ0v) is 14.7. The highest BCUT2D eigenvalue weighted by Crippen LogP contribution is 2.36. The van der Waals surface area contributed by atoms with E-state index in [1.165, 1.54) is 23.3 Å². The average Bonchev–Trinajstić information content (AvgIpc) is 2.56. The molecule has 0 heterocycles. The molecule has 0 fully saturated rings. The number of aryl methyl sites for hydroxylation is 1. The van der Waals surface area contributed by atoms with E-state index < -0.39 is 11.7 Å². The Hall–Kier alpha value is -1.79. The van der Waals surface area contributed by atoms with Gasteiger partial charge in [0.05, 0.1) is 16.6 Å². The molecule has 3 rings (SSSR count). The van der Waals surface area contributed by atoms with Crippen LogP contribution >= 0.6 is 23.8 Å². The number of rotatable bonds is 2. The zero-order chi connectivity index (χ0) is 18.0. The van der Waals surface area contributed by atoms with E-state index in [2.05, 4.69) is 22.8 Å². The normalized spacial score (nSPS) is 16.9. The van der Waals surface area contributed by atoms with Gasteiger partial charge in [-0.15, -0.1) is 0 Å². The molecule has 0 bridgehead atoms. The van der Waals surface area contributed by atoms with Crippen molar-refractivity contribution in [1.82, 2.24) is 5.32 Å². The van der Waals surface area contributed by atoms with Crippen molar-refractivity contribution in [3.8, 4) is 0 Å². The van der Waals surface area contributed by atoms with Crippen molar-refractivity contribution < 1.29 is 13.2 Å². The van der Waals surface area contributed by atoms with E-state index >= 15 is 0 Å². The fourth-order valence-corrected chi connectivity index (χ4v) is 3.53. The molecule has 7 heteroatoms. The first-order valence-electron chi connectivity index (χ1n) is 7.86. The molecular weight excluding hydrogens is 369 g/mol. The van der Waals surface area contributed by atoms with Crippen molar-refractivity contribution in [2.75, 3.05) is 5.32 Å². The van der Waals surface area contributed by atoms with Crippen LogP contribution in [0.4, 0.5) is 18.9 Å². The van der Waals surface area contributed by atoms with Crippen LogP contribution in [0.5, 0.6) is 0 Å². The fourth-order valence-electron chi connectivity index (χ4n) is 3.05. The maximum absolute atomic E-state index is 12.9. The molecule has 0 saturated carbocycles. The maximum Gasteiger partial charge on any atom is 0.417 e. The Bertz CT molecular complexity index is 792.